The van der Waals surface area contributed by atoms with E-state index in [1.807, 2.05) is 24.0 Å². The number of carbonyl (C=O) groups excluding carboxylic acids is 1. The van der Waals surface area contributed by atoms with Crippen molar-refractivity contribution in [2.24, 2.45) is 0 Å². The molecule has 5 nitrogen and oxygen atoms in total. The molecule has 154 valence electrons. The first-order chi connectivity index (χ1) is 14.0. The van der Waals surface area contributed by atoms with E-state index in [1.165, 1.54) is 5.56 Å². The highest BCUT2D eigenvalue weighted by Gasteiger charge is 2.42. The first-order valence-electron chi connectivity index (χ1n) is 10.6. The third kappa shape index (κ3) is 4.68. The van der Waals surface area contributed by atoms with E-state index in [2.05, 4.69) is 47.3 Å². The Bertz CT molecular complexity index is 814. The zero-order valence-electron chi connectivity index (χ0n) is 17.5. The molecule has 2 aromatic rings. The van der Waals surface area contributed by atoms with Crippen molar-refractivity contribution in [3.05, 3.63) is 65.5 Å². The predicted octanol–water partition coefficient (Wildman–Crippen LogP) is 3.68. The standard InChI is InChI=1S/C24H31N3O2/c1-19-8-9-21(17-25-19)23(28)27-13-11-24(12-14-27)16-22(10-15-29-24)26(2)18-20-6-4-3-5-7-20/h3-9,17,22H,10-16,18H2,1-2H3. The molecule has 2 aliphatic heterocycles. The van der Waals surface area contributed by atoms with Gasteiger partial charge in [0.1, 0.15) is 0 Å². The summed E-state index contributed by atoms with van der Waals surface area (Å²) in [5.74, 6) is 0.0842. The quantitative estimate of drug-likeness (QED) is 0.795. The molecule has 1 atom stereocenters. The van der Waals surface area contributed by atoms with Gasteiger partial charge in [-0.15, -0.1) is 0 Å². The van der Waals surface area contributed by atoms with Crippen molar-refractivity contribution in [1.82, 2.24) is 14.8 Å². The van der Waals surface area contributed by atoms with E-state index in [4.69, 9.17) is 4.74 Å². The molecule has 0 saturated carbocycles. The van der Waals surface area contributed by atoms with Crippen LogP contribution in [-0.4, -0.2) is 59.1 Å². The van der Waals surface area contributed by atoms with Crippen LogP contribution in [0.3, 0.4) is 0 Å². The molecule has 29 heavy (non-hydrogen) atoms. The zero-order chi connectivity index (χ0) is 20.3. The Morgan fingerprint density at radius 2 is 1.97 bits per heavy atom. The van der Waals surface area contributed by atoms with Crippen LogP contribution in [0.1, 0.15) is 47.3 Å². The van der Waals surface area contributed by atoms with E-state index < -0.39 is 0 Å². The average molecular weight is 394 g/mol. The molecule has 2 fully saturated rings. The van der Waals surface area contributed by atoms with E-state index in [9.17, 15) is 4.79 Å². The van der Waals surface area contributed by atoms with Gasteiger partial charge >= 0.3 is 0 Å². The van der Waals surface area contributed by atoms with Gasteiger partial charge in [-0.1, -0.05) is 30.3 Å². The molecule has 5 heteroatoms. The molecule has 0 bridgehead atoms. The molecule has 0 aliphatic carbocycles. The van der Waals surface area contributed by atoms with E-state index in [1.54, 1.807) is 6.20 Å². The first-order valence-corrected chi connectivity index (χ1v) is 10.6. The smallest absolute Gasteiger partial charge is 0.255 e. The molecule has 4 rings (SSSR count). The zero-order valence-corrected chi connectivity index (χ0v) is 17.5. The van der Waals surface area contributed by atoms with E-state index in [0.29, 0.717) is 11.6 Å². The maximum Gasteiger partial charge on any atom is 0.255 e. The molecule has 1 spiro atoms. The minimum Gasteiger partial charge on any atom is -0.375 e. The number of pyridine rings is 1. The van der Waals surface area contributed by atoms with Crippen molar-refractivity contribution in [2.45, 2.75) is 50.8 Å². The minimum atomic E-state index is -0.0871. The lowest BCUT2D eigenvalue weighted by Gasteiger charge is -2.48. The number of hydrogen-bond acceptors (Lipinski definition) is 4. The van der Waals surface area contributed by atoms with Crippen molar-refractivity contribution in [1.29, 1.82) is 0 Å². The number of carbonyl (C=O) groups is 1. The van der Waals surface area contributed by atoms with Gasteiger partial charge in [-0.05, 0) is 57.4 Å². The van der Waals surface area contributed by atoms with Crippen LogP contribution in [0.25, 0.3) is 0 Å². The summed E-state index contributed by atoms with van der Waals surface area (Å²) in [5.41, 5.74) is 2.87. The molecule has 1 aromatic carbocycles. The van der Waals surface area contributed by atoms with Crippen LogP contribution in [0.5, 0.6) is 0 Å². The molecular weight excluding hydrogens is 362 g/mol. The van der Waals surface area contributed by atoms with Crippen LogP contribution in [-0.2, 0) is 11.3 Å². The van der Waals surface area contributed by atoms with Crippen LogP contribution in [0.4, 0.5) is 0 Å². The molecule has 2 aliphatic rings. The summed E-state index contributed by atoms with van der Waals surface area (Å²) in [6.07, 6.45) is 5.63. The minimum absolute atomic E-state index is 0.0842. The summed E-state index contributed by atoms with van der Waals surface area (Å²) in [6.45, 7) is 5.21. The largest absolute Gasteiger partial charge is 0.375 e. The van der Waals surface area contributed by atoms with Gasteiger partial charge in [-0.25, -0.2) is 0 Å². The second-order valence-corrected chi connectivity index (χ2v) is 8.56. The molecule has 3 heterocycles. The lowest BCUT2D eigenvalue weighted by atomic mass is 9.81. The van der Waals surface area contributed by atoms with Crippen LogP contribution >= 0.6 is 0 Å². The van der Waals surface area contributed by atoms with Crippen LogP contribution in [0.15, 0.2) is 48.7 Å². The topological polar surface area (TPSA) is 45.7 Å². The number of hydrogen-bond donors (Lipinski definition) is 0. The maximum atomic E-state index is 12.8. The number of likely N-dealkylation sites (tertiary alicyclic amines) is 1. The van der Waals surface area contributed by atoms with Crippen LogP contribution in [0, 0.1) is 6.92 Å². The fourth-order valence-electron chi connectivity index (χ4n) is 4.62. The molecule has 1 unspecified atom stereocenters. The molecule has 0 N–H and O–H groups in total. The number of piperidine rings is 1. The van der Waals surface area contributed by atoms with Crippen molar-refractivity contribution < 1.29 is 9.53 Å². The van der Waals surface area contributed by atoms with Crippen molar-refractivity contribution in [3.63, 3.8) is 0 Å². The second kappa shape index (κ2) is 8.64. The van der Waals surface area contributed by atoms with Gasteiger partial charge in [-0.2, -0.15) is 0 Å². The lowest BCUT2D eigenvalue weighted by molar-refractivity contribution is -0.128. The van der Waals surface area contributed by atoms with E-state index in [-0.39, 0.29) is 11.5 Å². The van der Waals surface area contributed by atoms with E-state index >= 15 is 0 Å². The normalized spacial score (nSPS) is 21.5. The number of amides is 1. The Morgan fingerprint density at radius 1 is 1.21 bits per heavy atom. The highest BCUT2D eigenvalue weighted by Crippen LogP contribution is 2.37. The number of aryl methyl sites for hydroxylation is 1. The Kier molecular flexibility index (Phi) is 5.97. The Hall–Kier alpha value is -2.24. The van der Waals surface area contributed by atoms with Crippen LogP contribution < -0.4 is 0 Å². The van der Waals surface area contributed by atoms with Gasteiger partial charge in [0.15, 0.2) is 0 Å². The number of aromatic nitrogens is 1. The summed E-state index contributed by atoms with van der Waals surface area (Å²) in [5, 5.41) is 0. The maximum absolute atomic E-state index is 12.8. The molecule has 1 aromatic heterocycles. The fraction of sp³-hybridized carbons (Fsp3) is 0.500. The number of benzene rings is 1. The van der Waals surface area contributed by atoms with Gasteiger partial charge in [0.25, 0.3) is 5.91 Å². The first kappa shape index (κ1) is 20.0. The summed E-state index contributed by atoms with van der Waals surface area (Å²) in [4.78, 5) is 21.5. The fourth-order valence-corrected chi connectivity index (χ4v) is 4.62. The van der Waals surface area contributed by atoms with Crippen molar-refractivity contribution in [3.8, 4) is 0 Å². The molecule has 0 radical (unpaired) electrons. The van der Waals surface area contributed by atoms with E-state index in [0.717, 1.165) is 57.6 Å². The molecular formula is C24H31N3O2. The number of nitrogens with zero attached hydrogens (tertiary/aromatic N) is 3. The monoisotopic (exact) mass is 393 g/mol. The number of ether oxygens (including phenoxy) is 1. The molecule has 2 saturated heterocycles. The highest BCUT2D eigenvalue weighted by molar-refractivity contribution is 5.94. The van der Waals surface area contributed by atoms with Crippen molar-refractivity contribution in [2.75, 3.05) is 26.7 Å². The lowest BCUT2D eigenvalue weighted by Crippen LogP contribution is -2.54. The van der Waals surface area contributed by atoms with Gasteiger partial charge in [0, 0.05) is 44.2 Å². The Balaban J connectivity index is 1.35. The molecule has 1 amide bonds. The summed E-state index contributed by atoms with van der Waals surface area (Å²) in [7, 11) is 2.22. The second-order valence-electron chi connectivity index (χ2n) is 8.56. The van der Waals surface area contributed by atoms with Gasteiger partial charge < -0.3 is 9.64 Å². The third-order valence-corrected chi connectivity index (χ3v) is 6.49. The third-order valence-electron chi connectivity index (χ3n) is 6.49. The van der Waals surface area contributed by atoms with Crippen LogP contribution in [0.2, 0.25) is 0 Å². The SMILES string of the molecule is Cc1ccc(C(=O)N2CCC3(CC2)CC(N(C)Cc2ccccc2)CCO3)cn1. The summed E-state index contributed by atoms with van der Waals surface area (Å²) in [6, 6.07) is 14.9. The summed E-state index contributed by atoms with van der Waals surface area (Å²) >= 11 is 0. The van der Waals surface area contributed by atoms with Gasteiger partial charge in [0.05, 0.1) is 11.2 Å². The van der Waals surface area contributed by atoms with Gasteiger partial charge in [0.2, 0.25) is 0 Å². The van der Waals surface area contributed by atoms with Gasteiger partial charge in [-0.3, -0.25) is 14.7 Å². The Labute approximate surface area is 173 Å². The predicted molar refractivity (Wildman–Crippen MR) is 114 cm³/mol. The average Bonchev–Trinajstić information content (AvgIpc) is 2.75. The highest BCUT2D eigenvalue weighted by atomic mass is 16.5. The number of rotatable bonds is 4. The summed E-state index contributed by atoms with van der Waals surface area (Å²) < 4.78 is 6.31. The van der Waals surface area contributed by atoms with Crippen molar-refractivity contribution >= 4 is 5.91 Å². The Morgan fingerprint density at radius 3 is 2.66 bits per heavy atom.